The van der Waals surface area contributed by atoms with Crippen LogP contribution in [-0.4, -0.2) is 17.6 Å². The molecule has 0 aliphatic carbocycles. The molecule has 25 heavy (non-hydrogen) atoms. The number of hydrogen-bond donors (Lipinski definition) is 0. The number of carboxylic acids is 1. The summed E-state index contributed by atoms with van der Waals surface area (Å²) in [7, 11) is 0. The van der Waals surface area contributed by atoms with Gasteiger partial charge in [-0.2, -0.15) is 0 Å². The van der Waals surface area contributed by atoms with Crippen molar-refractivity contribution in [2.45, 2.75) is 25.7 Å². The summed E-state index contributed by atoms with van der Waals surface area (Å²) in [5.41, 5.74) is 2.36. The summed E-state index contributed by atoms with van der Waals surface area (Å²) in [6.07, 6.45) is 2.28. The van der Waals surface area contributed by atoms with Gasteiger partial charge in [0.05, 0.1) is 12.2 Å². The Hall–Kier alpha value is -1.18. The molecule has 0 amide bonds. The molecule has 0 aliphatic heterocycles. The third-order valence-corrected chi connectivity index (χ3v) is 3.69. The molecular formula is C19H18KNO4. The fourth-order valence-corrected chi connectivity index (χ4v) is 2.49. The molecule has 6 heteroatoms. The van der Waals surface area contributed by atoms with Gasteiger partial charge < -0.3 is 19.1 Å². The quantitative estimate of drug-likeness (QED) is 0.422. The zero-order valence-electron chi connectivity index (χ0n) is 14.2. The molecule has 0 spiro atoms. The minimum Gasteiger partial charge on any atom is -0.550 e. The van der Waals surface area contributed by atoms with Crippen LogP contribution in [0.4, 0.5) is 0 Å². The van der Waals surface area contributed by atoms with Crippen molar-refractivity contribution in [2.75, 3.05) is 6.61 Å². The number of fused-ring (bicyclic) bond motifs is 1. The molecule has 0 atom stereocenters. The molecule has 0 N–H and O–H groups in total. The number of ether oxygens (including phenoxy) is 1. The van der Waals surface area contributed by atoms with Gasteiger partial charge in [-0.3, -0.25) is 0 Å². The average Bonchev–Trinajstić information content (AvgIpc) is 3.02. The van der Waals surface area contributed by atoms with E-state index in [1.165, 1.54) is 0 Å². The molecule has 0 fully saturated rings. The molecule has 2 aromatic carbocycles. The van der Waals surface area contributed by atoms with Crippen molar-refractivity contribution in [3.05, 3.63) is 48.5 Å². The van der Waals surface area contributed by atoms with Crippen LogP contribution in [0.3, 0.4) is 0 Å². The fourth-order valence-electron chi connectivity index (χ4n) is 2.49. The van der Waals surface area contributed by atoms with Crippen LogP contribution < -0.4 is 61.2 Å². The van der Waals surface area contributed by atoms with Crippen molar-refractivity contribution < 1.29 is 70.4 Å². The molecule has 0 saturated heterocycles. The van der Waals surface area contributed by atoms with Crippen molar-refractivity contribution in [1.82, 2.24) is 4.98 Å². The van der Waals surface area contributed by atoms with E-state index in [9.17, 15) is 9.90 Å². The maximum Gasteiger partial charge on any atom is 1.00 e. The van der Waals surface area contributed by atoms with Gasteiger partial charge >= 0.3 is 51.4 Å². The van der Waals surface area contributed by atoms with Crippen LogP contribution in [0.25, 0.3) is 22.6 Å². The number of carbonyl (C=O) groups is 1. The summed E-state index contributed by atoms with van der Waals surface area (Å²) in [6.45, 7) is 0.518. The summed E-state index contributed by atoms with van der Waals surface area (Å²) in [6, 6.07) is 15.2. The predicted molar refractivity (Wildman–Crippen MR) is 88.4 cm³/mol. The number of carbonyl (C=O) groups excluding carboxylic acids is 1. The molecule has 3 aromatic rings. The standard InChI is InChI=1S/C19H19NO4.K/c21-18(22)12-2-1-7-13-23-16-10-5-3-8-14(16)19-20-15-9-4-6-11-17(15)24-19;/h3-6,8-11H,1-2,7,12-13H2,(H,21,22);/q;+1/p-1. The Labute approximate surface area is 188 Å². The van der Waals surface area contributed by atoms with Crippen LogP contribution in [0.15, 0.2) is 52.9 Å². The van der Waals surface area contributed by atoms with Gasteiger partial charge in [-0.1, -0.05) is 24.3 Å². The molecule has 124 valence electrons. The van der Waals surface area contributed by atoms with E-state index in [0.717, 1.165) is 29.5 Å². The van der Waals surface area contributed by atoms with Crippen LogP contribution in [0.2, 0.25) is 0 Å². The Kier molecular flexibility index (Phi) is 8.12. The maximum atomic E-state index is 10.4. The van der Waals surface area contributed by atoms with Crippen molar-refractivity contribution in [3.8, 4) is 17.2 Å². The van der Waals surface area contributed by atoms with Crippen molar-refractivity contribution >= 4 is 17.1 Å². The SMILES string of the molecule is O=C([O-])CCCCCOc1ccccc1-c1nc2ccccc2o1.[K+]. The third kappa shape index (κ3) is 5.65. The number of carboxylic acid groups (broad SMARTS) is 1. The van der Waals surface area contributed by atoms with E-state index in [1.807, 2.05) is 48.5 Å². The summed E-state index contributed by atoms with van der Waals surface area (Å²) in [5, 5.41) is 10.4. The summed E-state index contributed by atoms with van der Waals surface area (Å²) < 4.78 is 11.6. The van der Waals surface area contributed by atoms with Gasteiger partial charge in [-0.05, 0) is 49.9 Å². The van der Waals surface area contributed by atoms with E-state index in [1.54, 1.807) is 0 Å². The Morgan fingerprint density at radius 2 is 1.80 bits per heavy atom. The van der Waals surface area contributed by atoms with Crippen LogP contribution in [-0.2, 0) is 4.79 Å². The summed E-state index contributed by atoms with van der Waals surface area (Å²) in [4.78, 5) is 14.9. The second kappa shape index (κ2) is 10.1. The zero-order chi connectivity index (χ0) is 16.8. The van der Waals surface area contributed by atoms with E-state index < -0.39 is 5.97 Å². The number of nitrogens with zero attached hydrogens (tertiary/aromatic N) is 1. The molecule has 0 bridgehead atoms. The number of unbranched alkanes of at least 4 members (excludes halogenated alkanes) is 2. The molecule has 1 heterocycles. The Morgan fingerprint density at radius 3 is 2.60 bits per heavy atom. The van der Waals surface area contributed by atoms with Gasteiger partial charge in [-0.25, -0.2) is 4.98 Å². The first-order valence-corrected chi connectivity index (χ1v) is 8.01. The molecule has 1 aromatic heterocycles. The Bertz CT molecular complexity index is 798. The van der Waals surface area contributed by atoms with Gasteiger partial charge in [0.25, 0.3) is 0 Å². The number of aliphatic carboxylic acids is 1. The van der Waals surface area contributed by atoms with Crippen molar-refractivity contribution in [3.63, 3.8) is 0 Å². The van der Waals surface area contributed by atoms with Crippen LogP contribution >= 0.6 is 0 Å². The van der Waals surface area contributed by atoms with E-state index in [0.29, 0.717) is 24.7 Å². The van der Waals surface area contributed by atoms with E-state index in [4.69, 9.17) is 9.15 Å². The summed E-state index contributed by atoms with van der Waals surface area (Å²) >= 11 is 0. The van der Waals surface area contributed by atoms with Crippen molar-refractivity contribution in [1.29, 1.82) is 0 Å². The van der Waals surface area contributed by atoms with E-state index in [2.05, 4.69) is 4.98 Å². The monoisotopic (exact) mass is 363 g/mol. The summed E-state index contributed by atoms with van der Waals surface area (Å²) in [5.74, 6) is 0.241. The number of oxazole rings is 1. The number of para-hydroxylation sites is 3. The predicted octanol–water partition coefficient (Wildman–Crippen LogP) is 0.188. The molecule has 0 radical (unpaired) electrons. The topological polar surface area (TPSA) is 75.4 Å². The maximum absolute atomic E-state index is 10.4. The fraction of sp³-hybridized carbons (Fsp3) is 0.263. The zero-order valence-corrected chi connectivity index (χ0v) is 17.4. The molecule has 3 rings (SSSR count). The smallest absolute Gasteiger partial charge is 0.550 e. The van der Waals surface area contributed by atoms with Gasteiger partial charge in [0.2, 0.25) is 5.89 Å². The molecule has 0 saturated carbocycles. The molecule has 0 aliphatic rings. The Balaban J connectivity index is 0.00000225. The second-order valence-electron chi connectivity index (χ2n) is 5.51. The normalized spacial score (nSPS) is 10.4. The van der Waals surface area contributed by atoms with E-state index >= 15 is 0 Å². The largest absolute Gasteiger partial charge is 1.00 e. The van der Waals surface area contributed by atoms with Gasteiger partial charge in [0.1, 0.15) is 11.3 Å². The first-order chi connectivity index (χ1) is 11.7. The second-order valence-corrected chi connectivity index (χ2v) is 5.51. The molecule has 5 nitrogen and oxygen atoms in total. The Morgan fingerprint density at radius 1 is 1.04 bits per heavy atom. The van der Waals surface area contributed by atoms with Crippen LogP contribution in [0.5, 0.6) is 5.75 Å². The molecular weight excluding hydrogens is 345 g/mol. The van der Waals surface area contributed by atoms with Crippen LogP contribution in [0, 0.1) is 0 Å². The molecule has 0 unspecified atom stereocenters. The number of hydrogen-bond acceptors (Lipinski definition) is 5. The first kappa shape index (κ1) is 20.1. The van der Waals surface area contributed by atoms with Crippen molar-refractivity contribution in [2.24, 2.45) is 0 Å². The number of rotatable bonds is 8. The minimum atomic E-state index is -1.00. The van der Waals surface area contributed by atoms with Gasteiger partial charge in [-0.15, -0.1) is 0 Å². The van der Waals surface area contributed by atoms with E-state index in [-0.39, 0.29) is 57.8 Å². The number of benzene rings is 2. The van der Waals surface area contributed by atoms with Gasteiger partial charge in [0, 0.05) is 5.97 Å². The van der Waals surface area contributed by atoms with Gasteiger partial charge in [0.15, 0.2) is 5.58 Å². The third-order valence-electron chi connectivity index (χ3n) is 3.69. The number of aromatic nitrogens is 1. The van der Waals surface area contributed by atoms with Crippen LogP contribution in [0.1, 0.15) is 25.7 Å². The first-order valence-electron chi connectivity index (χ1n) is 8.01. The average molecular weight is 363 g/mol. The minimum absolute atomic E-state index is 0.